The lowest BCUT2D eigenvalue weighted by atomic mass is 10.1. The van der Waals surface area contributed by atoms with Crippen LogP contribution >= 0.6 is 0 Å². The van der Waals surface area contributed by atoms with Crippen molar-refractivity contribution in [3.05, 3.63) is 95.1 Å². The zero-order valence-corrected chi connectivity index (χ0v) is 19.5. The summed E-state index contributed by atoms with van der Waals surface area (Å²) < 4.78 is 16.5. The van der Waals surface area contributed by atoms with Crippen LogP contribution < -0.4 is 0 Å². The molecule has 0 bridgehead atoms. The quantitative estimate of drug-likeness (QED) is 0.186. The third-order valence-electron chi connectivity index (χ3n) is 5.04. The van der Waals surface area contributed by atoms with Gasteiger partial charge in [-0.25, -0.2) is 0 Å². The highest BCUT2D eigenvalue weighted by molar-refractivity contribution is 5.23. The summed E-state index contributed by atoms with van der Waals surface area (Å²) in [6.07, 6.45) is 13.7. The predicted octanol–water partition coefficient (Wildman–Crippen LogP) is 5.09. The Labute approximate surface area is 198 Å². The second-order valence-corrected chi connectivity index (χ2v) is 7.81. The highest BCUT2D eigenvalue weighted by Gasteiger charge is 1.98. The third kappa shape index (κ3) is 13.1. The van der Waals surface area contributed by atoms with E-state index >= 15 is 0 Å². The predicted molar refractivity (Wildman–Crippen MR) is 132 cm³/mol. The maximum atomic E-state index is 8.75. The molecule has 0 amide bonds. The summed E-state index contributed by atoms with van der Waals surface area (Å²) in [5.74, 6) is 0. The highest BCUT2D eigenvalue weighted by Crippen LogP contribution is 2.10. The van der Waals surface area contributed by atoms with Crippen molar-refractivity contribution in [1.82, 2.24) is 0 Å². The van der Waals surface area contributed by atoms with E-state index in [2.05, 4.69) is 60.7 Å². The van der Waals surface area contributed by atoms with Crippen LogP contribution in [0.15, 0.2) is 72.8 Å². The van der Waals surface area contributed by atoms with Gasteiger partial charge in [-0.2, -0.15) is 0 Å². The van der Waals surface area contributed by atoms with E-state index in [-0.39, 0.29) is 26.8 Å². The Hall–Kier alpha value is -2.28. The molecule has 5 heteroatoms. The smallest absolute Gasteiger partial charge is 0.150 e. The number of hydrogen-bond acceptors (Lipinski definition) is 5. The molecule has 0 fully saturated rings. The van der Waals surface area contributed by atoms with Gasteiger partial charge in [0.25, 0.3) is 0 Å². The van der Waals surface area contributed by atoms with Crippen LogP contribution in [0, 0.1) is 0 Å². The van der Waals surface area contributed by atoms with Gasteiger partial charge in [0.2, 0.25) is 0 Å². The molecule has 2 rings (SSSR count). The van der Waals surface area contributed by atoms with Crippen LogP contribution in [0.3, 0.4) is 0 Å². The second kappa shape index (κ2) is 18.2. The minimum atomic E-state index is 0.195. The van der Waals surface area contributed by atoms with Gasteiger partial charge in [0.05, 0.1) is 13.2 Å². The van der Waals surface area contributed by atoms with Crippen molar-refractivity contribution in [3.8, 4) is 0 Å². The van der Waals surface area contributed by atoms with Crippen LogP contribution in [0.25, 0.3) is 0 Å². The summed E-state index contributed by atoms with van der Waals surface area (Å²) in [5, 5.41) is 17.5. The first-order valence-corrected chi connectivity index (χ1v) is 11.7. The summed E-state index contributed by atoms with van der Waals surface area (Å²) in [7, 11) is 0. The summed E-state index contributed by atoms with van der Waals surface area (Å²) in [4.78, 5) is 0. The molecule has 33 heavy (non-hydrogen) atoms. The minimum Gasteiger partial charge on any atom is -0.396 e. The van der Waals surface area contributed by atoms with E-state index in [9.17, 15) is 0 Å². The zero-order valence-electron chi connectivity index (χ0n) is 19.5. The van der Waals surface area contributed by atoms with E-state index in [1.54, 1.807) is 0 Å². The van der Waals surface area contributed by atoms with Crippen molar-refractivity contribution >= 4 is 0 Å². The minimum absolute atomic E-state index is 0.195. The molecule has 2 aromatic rings. The van der Waals surface area contributed by atoms with Crippen LogP contribution in [0.2, 0.25) is 0 Å². The first-order chi connectivity index (χ1) is 16.3. The largest absolute Gasteiger partial charge is 0.396 e. The third-order valence-corrected chi connectivity index (χ3v) is 5.04. The molecule has 5 nitrogen and oxygen atoms in total. The Morgan fingerprint density at radius 3 is 1.24 bits per heavy atom. The number of allylic oxidation sites excluding steroid dienone is 2. The van der Waals surface area contributed by atoms with Gasteiger partial charge in [-0.15, -0.1) is 0 Å². The van der Waals surface area contributed by atoms with E-state index < -0.39 is 0 Å². The molecule has 0 radical (unpaired) electrons. The number of aliphatic hydroxyl groups is 2. The lowest BCUT2D eigenvalue weighted by Gasteiger charge is -2.08. The van der Waals surface area contributed by atoms with E-state index in [1.165, 1.54) is 11.1 Å². The molecule has 0 heterocycles. The van der Waals surface area contributed by atoms with Gasteiger partial charge in [0, 0.05) is 13.2 Å². The molecule has 0 atom stereocenters. The van der Waals surface area contributed by atoms with Gasteiger partial charge in [0.1, 0.15) is 13.6 Å². The standard InChI is InChI=1S/C28H38O5/c29-19-7-3-1-5-9-25-11-15-27(16-12-25)21-31-23-33-24-32-22-28-17-13-26(14-18-28)10-6-2-4-8-20-30/h1-4,11-18,29-30H,5-10,19-24H2/b3-1+,4-2+. The van der Waals surface area contributed by atoms with E-state index in [1.807, 2.05) is 12.2 Å². The van der Waals surface area contributed by atoms with Crippen molar-refractivity contribution in [1.29, 1.82) is 0 Å². The SMILES string of the molecule is OCC/C=C/CCc1ccc(COCOCOCc2ccc(CC/C=C/CCO)cc2)cc1. The first-order valence-electron chi connectivity index (χ1n) is 11.7. The lowest BCUT2D eigenvalue weighted by molar-refractivity contribution is -0.139. The summed E-state index contributed by atoms with van der Waals surface area (Å²) in [6.45, 7) is 1.82. The van der Waals surface area contributed by atoms with Gasteiger partial charge in [-0.05, 0) is 60.8 Å². The van der Waals surface area contributed by atoms with Crippen LogP contribution in [-0.2, 0) is 40.3 Å². The molecule has 2 N–H and O–H groups in total. The number of benzene rings is 2. The molecule has 180 valence electrons. The summed E-state index contributed by atoms with van der Waals surface area (Å²) in [5.41, 5.74) is 4.81. The van der Waals surface area contributed by atoms with Crippen molar-refractivity contribution in [2.75, 3.05) is 26.8 Å². The van der Waals surface area contributed by atoms with E-state index in [0.29, 0.717) is 13.2 Å². The second-order valence-electron chi connectivity index (χ2n) is 7.81. The Morgan fingerprint density at radius 2 is 0.848 bits per heavy atom. The molecular formula is C28H38O5. The fraction of sp³-hybridized carbons (Fsp3) is 0.429. The molecule has 0 saturated carbocycles. The van der Waals surface area contributed by atoms with E-state index in [0.717, 1.165) is 49.7 Å². The Bertz CT molecular complexity index is 713. The maximum absolute atomic E-state index is 8.75. The Kier molecular flexibility index (Phi) is 14.9. The number of aliphatic hydroxyl groups excluding tert-OH is 2. The van der Waals surface area contributed by atoms with Crippen molar-refractivity contribution in [3.63, 3.8) is 0 Å². The molecule has 0 aliphatic heterocycles. The molecule has 0 spiro atoms. The number of hydrogen-bond donors (Lipinski definition) is 2. The van der Waals surface area contributed by atoms with Gasteiger partial charge in [-0.3, -0.25) is 0 Å². The van der Waals surface area contributed by atoms with Gasteiger partial charge in [-0.1, -0.05) is 72.8 Å². The van der Waals surface area contributed by atoms with Gasteiger partial charge < -0.3 is 24.4 Å². The molecule has 0 aliphatic carbocycles. The van der Waals surface area contributed by atoms with Gasteiger partial charge >= 0.3 is 0 Å². The fourth-order valence-electron chi connectivity index (χ4n) is 3.20. The normalized spacial score (nSPS) is 11.7. The van der Waals surface area contributed by atoms with Crippen molar-refractivity contribution in [2.24, 2.45) is 0 Å². The number of rotatable bonds is 18. The van der Waals surface area contributed by atoms with Gasteiger partial charge in [0.15, 0.2) is 0 Å². The average Bonchev–Trinajstić information content (AvgIpc) is 2.85. The molecule has 0 aromatic heterocycles. The topological polar surface area (TPSA) is 68.2 Å². The molecule has 0 aliphatic rings. The van der Waals surface area contributed by atoms with Crippen LogP contribution in [-0.4, -0.2) is 37.0 Å². The number of aryl methyl sites for hydroxylation is 2. The van der Waals surface area contributed by atoms with Crippen LogP contribution in [0.5, 0.6) is 0 Å². The van der Waals surface area contributed by atoms with Crippen molar-refractivity contribution in [2.45, 2.75) is 51.7 Å². The Morgan fingerprint density at radius 1 is 0.485 bits per heavy atom. The Balaban J connectivity index is 1.50. The maximum Gasteiger partial charge on any atom is 0.150 e. The summed E-state index contributed by atoms with van der Waals surface area (Å²) >= 11 is 0. The molecular weight excluding hydrogens is 416 g/mol. The average molecular weight is 455 g/mol. The summed E-state index contributed by atoms with van der Waals surface area (Å²) in [6, 6.07) is 16.8. The molecule has 0 saturated heterocycles. The highest BCUT2D eigenvalue weighted by atomic mass is 16.7. The zero-order chi connectivity index (χ0) is 23.4. The molecule has 2 aromatic carbocycles. The van der Waals surface area contributed by atoms with Crippen LogP contribution in [0.1, 0.15) is 47.9 Å². The fourth-order valence-corrected chi connectivity index (χ4v) is 3.20. The van der Waals surface area contributed by atoms with Crippen molar-refractivity contribution < 1.29 is 24.4 Å². The molecule has 0 unspecified atom stereocenters. The number of ether oxygens (including phenoxy) is 3. The lowest BCUT2D eigenvalue weighted by Crippen LogP contribution is -2.05. The first kappa shape index (κ1) is 27.0. The van der Waals surface area contributed by atoms with Crippen LogP contribution in [0.4, 0.5) is 0 Å². The monoisotopic (exact) mass is 454 g/mol. The van der Waals surface area contributed by atoms with E-state index in [4.69, 9.17) is 24.4 Å².